The van der Waals surface area contributed by atoms with Crippen molar-refractivity contribution in [3.8, 4) is 0 Å². The first-order valence-corrected chi connectivity index (χ1v) is 9.41. The fourth-order valence-corrected chi connectivity index (χ4v) is 4.24. The van der Waals surface area contributed by atoms with Crippen LogP contribution in [0.15, 0.2) is 36.7 Å². The summed E-state index contributed by atoms with van der Waals surface area (Å²) >= 11 is 0. The Balaban J connectivity index is 1.47. The monoisotopic (exact) mass is 365 g/mol. The highest BCUT2D eigenvalue weighted by Gasteiger charge is 2.50. The molecule has 1 N–H and O–H groups in total. The van der Waals surface area contributed by atoms with E-state index in [0.717, 1.165) is 31.4 Å². The molecule has 2 aromatic heterocycles. The molecule has 2 atom stereocenters. The lowest BCUT2D eigenvalue weighted by atomic mass is 9.71. The normalized spacial score (nSPS) is 25.0. The van der Waals surface area contributed by atoms with Gasteiger partial charge in [-0.15, -0.1) is 0 Å². The lowest BCUT2D eigenvalue weighted by Crippen LogP contribution is -2.46. The topological polar surface area (TPSA) is 88.1 Å². The zero-order chi connectivity index (χ0) is 18.9. The molecule has 1 aliphatic carbocycles. The second-order valence-corrected chi connectivity index (χ2v) is 7.47. The zero-order valence-electron chi connectivity index (χ0n) is 15.4. The third-order valence-electron chi connectivity index (χ3n) is 5.61. The van der Waals surface area contributed by atoms with Crippen molar-refractivity contribution in [3.05, 3.63) is 48.0 Å². The number of hydrogen-bond acceptors (Lipinski definition) is 5. The van der Waals surface area contributed by atoms with Crippen molar-refractivity contribution in [3.63, 3.8) is 0 Å². The Labute approximate surface area is 158 Å². The van der Waals surface area contributed by atoms with Gasteiger partial charge in [-0.1, -0.05) is 12.5 Å². The number of hydrogen-bond donors (Lipinski definition) is 1. The quantitative estimate of drug-likeness (QED) is 0.901. The molecule has 2 aromatic rings. The number of rotatable bonds is 3. The standard InChI is InChI=1S/C20H23N5O2/c1-14-7-11-22-19(23-14)25-12-9-20(18(25)27)8-4-5-15(13-20)24-17(26)16-6-2-3-10-21-16/h2-3,6-7,10-11,15H,4-5,8-9,12-13H2,1H3,(H,24,26)/t15-,20-/m0/s1. The highest BCUT2D eigenvalue weighted by atomic mass is 16.2. The predicted octanol–water partition coefficient (Wildman–Crippen LogP) is 2.28. The van der Waals surface area contributed by atoms with Gasteiger partial charge in [0.15, 0.2) is 0 Å². The van der Waals surface area contributed by atoms with Gasteiger partial charge in [-0.05, 0) is 50.8 Å². The van der Waals surface area contributed by atoms with Crippen molar-refractivity contribution in [2.45, 2.75) is 45.1 Å². The Bertz CT molecular complexity index is 856. The minimum atomic E-state index is -0.423. The first-order chi connectivity index (χ1) is 13.1. The van der Waals surface area contributed by atoms with E-state index in [1.807, 2.05) is 13.0 Å². The summed E-state index contributed by atoms with van der Waals surface area (Å²) in [5, 5.41) is 3.07. The lowest BCUT2D eigenvalue weighted by molar-refractivity contribution is -0.127. The van der Waals surface area contributed by atoms with E-state index in [0.29, 0.717) is 24.6 Å². The Morgan fingerprint density at radius 2 is 2.11 bits per heavy atom. The lowest BCUT2D eigenvalue weighted by Gasteiger charge is -2.36. The Kier molecular flexibility index (Phi) is 4.59. The summed E-state index contributed by atoms with van der Waals surface area (Å²) in [5.41, 5.74) is 0.829. The van der Waals surface area contributed by atoms with E-state index < -0.39 is 5.41 Å². The number of carbonyl (C=O) groups excluding carboxylic acids is 2. The minimum absolute atomic E-state index is 0.0180. The summed E-state index contributed by atoms with van der Waals surface area (Å²) in [7, 11) is 0. The first-order valence-electron chi connectivity index (χ1n) is 9.41. The van der Waals surface area contributed by atoms with Gasteiger partial charge in [-0.3, -0.25) is 19.5 Å². The van der Waals surface area contributed by atoms with E-state index in [1.165, 1.54) is 0 Å². The maximum atomic E-state index is 13.2. The Morgan fingerprint density at radius 1 is 1.22 bits per heavy atom. The van der Waals surface area contributed by atoms with Crippen molar-refractivity contribution in [2.75, 3.05) is 11.4 Å². The molecule has 1 spiro atoms. The van der Waals surface area contributed by atoms with Gasteiger partial charge in [0.2, 0.25) is 11.9 Å². The highest BCUT2D eigenvalue weighted by Crippen LogP contribution is 2.45. The number of nitrogens with one attached hydrogen (secondary N) is 1. The number of carbonyl (C=O) groups is 2. The third-order valence-corrected chi connectivity index (χ3v) is 5.61. The molecule has 140 valence electrons. The molecule has 0 unspecified atom stereocenters. The number of anilines is 1. The van der Waals surface area contributed by atoms with Crippen molar-refractivity contribution in [1.29, 1.82) is 0 Å². The van der Waals surface area contributed by atoms with Gasteiger partial charge in [-0.2, -0.15) is 0 Å². The van der Waals surface area contributed by atoms with E-state index >= 15 is 0 Å². The van der Waals surface area contributed by atoms with Crippen molar-refractivity contribution < 1.29 is 9.59 Å². The fraction of sp³-hybridized carbons (Fsp3) is 0.450. The van der Waals surface area contributed by atoms with Crippen LogP contribution in [0.1, 0.15) is 48.3 Å². The molecule has 1 saturated heterocycles. The summed E-state index contributed by atoms with van der Waals surface area (Å²) in [6, 6.07) is 7.08. The van der Waals surface area contributed by atoms with Crippen molar-refractivity contribution in [1.82, 2.24) is 20.3 Å². The van der Waals surface area contributed by atoms with E-state index in [-0.39, 0.29) is 17.9 Å². The Morgan fingerprint density at radius 3 is 2.89 bits per heavy atom. The summed E-state index contributed by atoms with van der Waals surface area (Å²) in [6.45, 7) is 2.52. The molecule has 0 radical (unpaired) electrons. The van der Waals surface area contributed by atoms with E-state index in [9.17, 15) is 9.59 Å². The molecule has 0 bridgehead atoms. The molecular weight excluding hydrogens is 342 g/mol. The van der Waals surface area contributed by atoms with Crippen LogP contribution in [0.25, 0.3) is 0 Å². The van der Waals surface area contributed by atoms with Gasteiger partial charge in [0.25, 0.3) is 5.91 Å². The molecule has 7 nitrogen and oxygen atoms in total. The molecule has 7 heteroatoms. The van der Waals surface area contributed by atoms with Crippen LogP contribution in [-0.4, -0.2) is 39.4 Å². The van der Waals surface area contributed by atoms with Crippen LogP contribution < -0.4 is 10.2 Å². The van der Waals surface area contributed by atoms with Crippen LogP contribution in [0.5, 0.6) is 0 Å². The maximum absolute atomic E-state index is 13.2. The van der Waals surface area contributed by atoms with Gasteiger partial charge in [0.05, 0.1) is 5.41 Å². The van der Waals surface area contributed by atoms with E-state index in [1.54, 1.807) is 35.5 Å². The highest BCUT2D eigenvalue weighted by molar-refractivity contribution is 5.98. The summed E-state index contributed by atoms with van der Waals surface area (Å²) in [6.07, 6.45) is 7.39. The number of nitrogens with zero attached hydrogens (tertiary/aromatic N) is 4. The van der Waals surface area contributed by atoms with Crippen LogP contribution in [0.4, 0.5) is 5.95 Å². The van der Waals surface area contributed by atoms with Gasteiger partial charge in [-0.25, -0.2) is 9.97 Å². The molecule has 2 amide bonds. The second kappa shape index (κ2) is 7.06. The van der Waals surface area contributed by atoms with Gasteiger partial charge >= 0.3 is 0 Å². The molecule has 3 heterocycles. The third kappa shape index (κ3) is 3.41. The molecule has 4 rings (SSSR count). The molecule has 1 saturated carbocycles. The zero-order valence-corrected chi connectivity index (χ0v) is 15.4. The summed E-state index contributed by atoms with van der Waals surface area (Å²) in [5.74, 6) is 0.392. The minimum Gasteiger partial charge on any atom is -0.348 e. The van der Waals surface area contributed by atoms with Gasteiger partial charge in [0, 0.05) is 30.7 Å². The van der Waals surface area contributed by atoms with Crippen LogP contribution in [0.3, 0.4) is 0 Å². The Hall–Kier alpha value is -2.83. The average molecular weight is 365 g/mol. The van der Waals surface area contributed by atoms with E-state index in [4.69, 9.17) is 0 Å². The molecule has 2 fully saturated rings. The van der Waals surface area contributed by atoms with Crippen LogP contribution in [0, 0.1) is 12.3 Å². The molecule has 0 aromatic carbocycles. The summed E-state index contributed by atoms with van der Waals surface area (Å²) in [4.78, 5) is 40.1. The number of aromatic nitrogens is 3. The second-order valence-electron chi connectivity index (χ2n) is 7.47. The smallest absolute Gasteiger partial charge is 0.270 e. The van der Waals surface area contributed by atoms with Gasteiger partial charge in [0.1, 0.15) is 5.69 Å². The number of amides is 2. The van der Waals surface area contributed by atoms with Gasteiger partial charge < -0.3 is 5.32 Å². The number of aryl methyl sites for hydroxylation is 1. The van der Waals surface area contributed by atoms with Crippen LogP contribution in [-0.2, 0) is 4.79 Å². The number of pyridine rings is 1. The summed E-state index contributed by atoms with van der Waals surface area (Å²) < 4.78 is 0. The largest absolute Gasteiger partial charge is 0.348 e. The van der Waals surface area contributed by atoms with E-state index in [2.05, 4.69) is 20.3 Å². The fourth-order valence-electron chi connectivity index (χ4n) is 4.24. The van der Waals surface area contributed by atoms with Crippen molar-refractivity contribution in [2.24, 2.45) is 5.41 Å². The van der Waals surface area contributed by atoms with Crippen LogP contribution in [0.2, 0.25) is 0 Å². The van der Waals surface area contributed by atoms with Crippen molar-refractivity contribution >= 4 is 17.8 Å². The van der Waals surface area contributed by atoms with Crippen LogP contribution >= 0.6 is 0 Å². The predicted molar refractivity (Wildman–Crippen MR) is 100 cm³/mol. The molecule has 2 aliphatic rings. The SMILES string of the molecule is Cc1ccnc(N2CC[C@]3(CCC[C@H](NC(=O)c4ccccn4)C3)C2=O)n1. The maximum Gasteiger partial charge on any atom is 0.270 e. The average Bonchev–Trinajstić information content (AvgIpc) is 2.98. The molecular formula is C20H23N5O2. The molecule has 1 aliphatic heterocycles. The molecule has 27 heavy (non-hydrogen) atoms. The first kappa shape index (κ1) is 17.6.